The van der Waals surface area contributed by atoms with E-state index in [4.69, 9.17) is 0 Å². The molecule has 7 nitrogen and oxygen atoms in total. The molecule has 2 aromatic rings. The van der Waals surface area contributed by atoms with Gasteiger partial charge in [-0.2, -0.15) is 0 Å². The van der Waals surface area contributed by atoms with Crippen molar-refractivity contribution in [3.63, 3.8) is 0 Å². The molecule has 0 radical (unpaired) electrons. The van der Waals surface area contributed by atoms with Gasteiger partial charge in [0, 0.05) is 57.4 Å². The summed E-state index contributed by atoms with van der Waals surface area (Å²) >= 11 is 0. The average Bonchev–Trinajstić information content (AvgIpc) is 3.20. The normalized spacial score (nSPS) is 17.7. The van der Waals surface area contributed by atoms with Gasteiger partial charge < -0.3 is 9.80 Å². The molecule has 4 rings (SSSR count). The Morgan fingerprint density at radius 2 is 1.67 bits per heavy atom. The van der Waals surface area contributed by atoms with Crippen LogP contribution in [0.4, 0.5) is 11.4 Å². The lowest BCUT2D eigenvalue weighted by atomic mass is 10.1. The van der Waals surface area contributed by atoms with Gasteiger partial charge in [0.1, 0.15) is 5.69 Å². The number of hydrogen-bond acceptors (Lipinski definition) is 5. The molecule has 7 heteroatoms. The van der Waals surface area contributed by atoms with Crippen LogP contribution in [0.15, 0.2) is 48.5 Å². The van der Waals surface area contributed by atoms with Crippen molar-refractivity contribution in [3.8, 4) is 0 Å². The maximum atomic E-state index is 13.1. The second-order valence-corrected chi connectivity index (χ2v) is 8.06. The van der Waals surface area contributed by atoms with Crippen molar-refractivity contribution in [2.24, 2.45) is 0 Å². The van der Waals surface area contributed by atoms with E-state index in [1.165, 1.54) is 11.6 Å². The van der Waals surface area contributed by atoms with Gasteiger partial charge >= 0.3 is 0 Å². The summed E-state index contributed by atoms with van der Waals surface area (Å²) in [5.41, 5.74) is 2.33. The van der Waals surface area contributed by atoms with Gasteiger partial charge in [-0.15, -0.1) is 0 Å². The number of amides is 1. The molecule has 0 bridgehead atoms. The number of hydrogen-bond donors (Lipinski definition) is 0. The Bertz CT molecular complexity index is 897. The molecule has 0 aliphatic carbocycles. The smallest absolute Gasteiger partial charge is 0.293 e. The number of nitro benzene ring substituents is 1. The van der Waals surface area contributed by atoms with Crippen LogP contribution in [0.2, 0.25) is 0 Å². The zero-order valence-corrected chi connectivity index (χ0v) is 17.2. The first-order valence-electron chi connectivity index (χ1n) is 10.7. The summed E-state index contributed by atoms with van der Waals surface area (Å²) in [6.07, 6.45) is 2.99. The largest absolute Gasteiger partial charge is 0.366 e. The van der Waals surface area contributed by atoms with Gasteiger partial charge in [0.15, 0.2) is 0 Å². The summed E-state index contributed by atoms with van der Waals surface area (Å²) in [4.78, 5) is 30.6. The zero-order chi connectivity index (χ0) is 20.9. The van der Waals surface area contributed by atoms with Crippen molar-refractivity contribution < 1.29 is 9.72 Å². The Labute approximate surface area is 177 Å². The Kier molecular flexibility index (Phi) is 6.28. The molecular weight excluding hydrogens is 380 g/mol. The van der Waals surface area contributed by atoms with Crippen LogP contribution in [0.3, 0.4) is 0 Å². The number of carbonyl (C=O) groups is 1. The molecule has 2 aliphatic rings. The van der Waals surface area contributed by atoms with E-state index in [0.29, 0.717) is 24.3 Å². The highest BCUT2D eigenvalue weighted by atomic mass is 16.6. The molecule has 1 amide bonds. The number of carbonyl (C=O) groups excluding carboxylic acids is 1. The van der Waals surface area contributed by atoms with Gasteiger partial charge in [-0.3, -0.25) is 19.8 Å². The molecular formula is C23H28N4O3. The SMILES string of the molecule is O=C(c1ccc(N2CCCC2)c([N+](=O)[O-])c1)N1CCCN(Cc2ccccc2)CC1. The summed E-state index contributed by atoms with van der Waals surface area (Å²) in [5.74, 6) is -0.118. The topological polar surface area (TPSA) is 69.9 Å². The molecule has 158 valence electrons. The number of benzene rings is 2. The summed E-state index contributed by atoms with van der Waals surface area (Å²) in [7, 11) is 0. The number of nitrogens with zero attached hydrogens (tertiary/aromatic N) is 4. The molecule has 30 heavy (non-hydrogen) atoms. The van der Waals surface area contributed by atoms with Crippen LogP contribution in [-0.4, -0.2) is 59.9 Å². The third-order valence-corrected chi connectivity index (χ3v) is 5.99. The van der Waals surface area contributed by atoms with Gasteiger partial charge in [-0.25, -0.2) is 0 Å². The quantitative estimate of drug-likeness (QED) is 0.559. The molecule has 2 heterocycles. The van der Waals surface area contributed by atoms with Crippen molar-refractivity contribution in [1.82, 2.24) is 9.80 Å². The molecule has 0 unspecified atom stereocenters. The van der Waals surface area contributed by atoms with E-state index in [-0.39, 0.29) is 16.5 Å². The molecule has 2 saturated heterocycles. The highest BCUT2D eigenvalue weighted by Gasteiger charge is 2.26. The Morgan fingerprint density at radius 1 is 0.900 bits per heavy atom. The van der Waals surface area contributed by atoms with Crippen LogP contribution >= 0.6 is 0 Å². The lowest BCUT2D eigenvalue weighted by Crippen LogP contribution is -2.35. The van der Waals surface area contributed by atoms with Crippen LogP contribution in [0, 0.1) is 10.1 Å². The Hall–Kier alpha value is -2.93. The molecule has 2 fully saturated rings. The zero-order valence-electron chi connectivity index (χ0n) is 17.2. The number of anilines is 1. The minimum Gasteiger partial charge on any atom is -0.366 e. The van der Waals surface area contributed by atoms with Crippen molar-refractivity contribution in [2.75, 3.05) is 44.2 Å². The van der Waals surface area contributed by atoms with Gasteiger partial charge in [0.2, 0.25) is 0 Å². The fraction of sp³-hybridized carbons (Fsp3) is 0.435. The Balaban J connectivity index is 1.45. The molecule has 0 saturated carbocycles. The predicted molar refractivity (Wildman–Crippen MR) is 117 cm³/mol. The second-order valence-electron chi connectivity index (χ2n) is 8.06. The van der Waals surface area contributed by atoms with Crippen molar-refractivity contribution in [3.05, 3.63) is 69.8 Å². The van der Waals surface area contributed by atoms with Crippen molar-refractivity contribution in [1.29, 1.82) is 0 Å². The third-order valence-electron chi connectivity index (χ3n) is 5.99. The van der Waals surface area contributed by atoms with Crippen molar-refractivity contribution in [2.45, 2.75) is 25.8 Å². The van der Waals surface area contributed by atoms with Crippen LogP contribution in [0.1, 0.15) is 35.2 Å². The molecule has 0 spiro atoms. The van der Waals surface area contributed by atoms with E-state index < -0.39 is 0 Å². The number of rotatable bonds is 5. The standard InChI is InChI=1S/C23H28N4O3/c28-23(20-9-10-21(22(17-20)27(29)30)25-12-4-5-13-25)26-14-6-11-24(15-16-26)18-19-7-2-1-3-8-19/h1-3,7-10,17H,4-6,11-16,18H2. The summed E-state index contributed by atoms with van der Waals surface area (Å²) < 4.78 is 0. The average molecular weight is 409 g/mol. The Morgan fingerprint density at radius 3 is 2.40 bits per heavy atom. The van der Waals surface area contributed by atoms with E-state index in [9.17, 15) is 14.9 Å². The van der Waals surface area contributed by atoms with E-state index in [0.717, 1.165) is 52.0 Å². The maximum Gasteiger partial charge on any atom is 0.293 e. The van der Waals surface area contributed by atoms with E-state index in [2.05, 4.69) is 17.0 Å². The molecule has 0 N–H and O–H groups in total. The van der Waals surface area contributed by atoms with Crippen LogP contribution in [0.25, 0.3) is 0 Å². The predicted octanol–water partition coefficient (Wildman–Crippen LogP) is 3.54. The summed E-state index contributed by atoms with van der Waals surface area (Å²) in [6, 6.07) is 15.3. The minimum absolute atomic E-state index is 0.0308. The van der Waals surface area contributed by atoms with E-state index >= 15 is 0 Å². The van der Waals surface area contributed by atoms with Gasteiger partial charge in [-0.1, -0.05) is 30.3 Å². The highest BCUT2D eigenvalue weighted by Crippen LogP contribution is 2.32. The lowest BCUT2D eigenvalue weighted by molar-refractivity contribution is -0.384. The van der Waals surface area contributed by atoms with Gasteiger partial charge in [0.05, 0.1) is 4.92 Å². The number of nitro groups is 1. The molecule has 0 atom stereocenters. The first-order chi connectivity index (χ1) is 14.6. The molecule has 0 aromatic heterocycles. The van der Waals surface area contributed by atoms with Crippen LogP contribution in [0.5, 0.6) is 0 Å². The summed E-state index contributed by atoms with van der Waals surface area (Å²) in [6.45, 7) is 5.58. The first kappa shape index (κ1) is 20.3. The van der Waals surface area contributed by atoms with Crippen LogP contribution < -0.4 is 4.90 Å². The fourth-order valence-electron chi connectivity index (χ4n) is 4.38. The summed E-state index contributed by atoms with van der Waals surface area (Å²) in [5, 5.41) is 11.6. The van der Waals surface area contributed by atoms with Gasteiger partial charge in [0.25, 0.3) is 11.6 Å². The molecule has 2 aliphatic heterocycles. The van der Waals surface area contributed by atoms with E-state index in [1.807, 2.05) is 28.0 Å². The van der Waals surface area contributed by atoms with Crippen molar-refractivity contribution >= 4 is 17.3 Å². The molecule has 2 aromatic carbocycles. The van der Waals surface area contributed by atoms with Gasteiger partial charge in [-0.05, 0) is 37.0 Å². The van der Waals surface area contributed by atoms with Crippen LogP contribution in [-0.2, 0) is 6.54 Å². The van der Waals surface area contributed by atoms with E-state index in [1.54, 1.807) is 12.1 Å². The third kappa shape index (κ3) is 4.62. The lowest BCUT2D eigenvalue weighted by Gasteiger charge is -2.23. The minimum atomic E-state index is -0.367. The highest BCUT2D eigenvalue weighted by molar-refractivity contribution is 5.95. The maximum absolute atomic E-state index is 13.1. The second kappa shape index (κ2) is 9.26. The fourth-order valence-corrected chi connectivity index (χ4v) is 4.38. The monoisotopic (exact) mass is 408 g/mol. The first-order valence-corrected chi connectivity index (χ1v) is 10.7.